The minimum Gasteiger partial charge on any atom is -0.476 e. The lowest BCUT2D eigenvalue weighted by atomic mass is 9.82. The summed E-state index contributed by atoms with van der Waals surface area (Å²) in [6.45, 7) is 6.08. The van der Waals surface area contributed by atoms with E-state index in [9.17, 15) is 10.1 Å². The van der Waals surface area contributed by atoms with E-state index in [0.29, 0.717) is 25.6 Å². The molecule has 1 heterocycles. The predicted octanol–water partition coefficient (Wildman–Crippen LogP) is 7.61. The Labute approximate surface area is 235 Å². The zero-order chi connectivity index (χ0) is 27.8. The molecular weight excluding hydrogens is 482 g/mol. The average molecular weight is 528 g/mol. The summed E-state index contributed by atoms with van der Waals surface area (Å²) < 4.78 is 6.23. The number of ether oxygens (including phenoxy) is 1. The third kappa shape index (κ3) is 8.23. The first-order valence-corrected chi connectivity index (χ1v) is 14.8. The number of nitrogens with zero attached hydrogens (tertiary/aromatic N) is 2. The van der Waals surface area contributed by atoms with Gasteiger partial charge in [0.05, 0.1) is 0 Å². The molecule has 1 aliphatic rings. The van der Waals surface area contributed by atoms with Crippen LogP contribution in [0.5, 0.6) is 0 Å². The molecule has 0 unspecified atom stereocenters. The fourth-order valence-electron chi connectivity index (χ4n) is 5.39. The normalized spacial score (nSPS) is 15.7. The summed E-state index contributed by atoms with van der Waals surface area (Å²) >= 11 is 0. The highest BCUT2D eigenvalue weighted by atomic mass is 16.5. The molecule has 1 fully saturated rings. The van der Waals surface area contributed by atoms with Gasteiger partial charge in [0.2, 0.25) is 0 Å². The Morgan fingerprint density at radius 1 is 0.897 bits per heavy atom. The van der Waals surface area contributed by atoms with Gasteiger partial charge in [0.1, 0.15) is 23.8 Å². The molecule has 1 N–H and O–H groups in total. The highest BCUT2D eigenvalue weighted by Gasteiger charge is 2.47. The Bertz CT molecular complexity index is 1060. The summed E-state index contributed by atoms with van der Waals surface area (Å²) in [7, 11) is 0. The molecular formula is C34H45N3O2. The molecule has 0 radical (unpaired) electrons. The van der Waals surface area contributed by atoms with E-state index >= 15 is 0 Å². The predicted molar refractivity (Wildman–Crippen MR) is 159 cm³/mol. The molecule has 5 heteroatoms. The second-order valence-corrected chi connectivity index (χ2v) is 10.3. The molecule has 39 heavy (non-hydrogen) atoms. The Morgan fingerprint density at radius 2 is 1.44 bits per heavy atom. The van der Waals surface area contributed by atoms with Crippen molar-refractivity contribution in [3.63, 3.8) is 0 Å². The molecule has 2 aromatic rings. The summed E-state index contributed by atoms with van der Waals surface area (Å²) in [6.07, 6.45) is 15.8. The molecule has 3 rings (SSSR count). The molecule has 0 saturated carbocycles. The minimum atomic E-state index is -0.485. The molecule has 0 atom stereocenters. The monoisotopic (exact) mass is 527 g/mol. The van der Waals surface area contributed by atoms with Crippen LogP contribution in [0.2, 0.25) is 0 Å². The van der Waals surface area contributed by atoms with Crippen LogP contribution in [0.3, 0.4) is 0 Å². The van der Waals surface area contributed by atoms with Gasteiger partial charge in [0.25, 0.3) is 5.91 Å². The van der Waals surface area contributed by atoms with Crippen LogP contribution in [0.15, 0.2) is 84.3 Å². The summed E-state index contributed by atoms with van der Waals surface area (Å²) in [5, 5.41) is 12.6. The van der Waals surface area contributed by atoms with Crippen LogP contribution in [0.25, 0.3) is 0 Å². The van der Waals surface area contributed by atoms with Gasteiger partial charge in [-0.15, -0.1) is 0 Å². The topological polar surface area (TPSA) is 65.4 Å². The molecule has 2 aromatic carbocycles. The SMILES string of the molecule is CCCCCCCCCCCCNC(=O)/C(C#N)=C\C=C1\OCC(c2ccccc2)(c2ccccc2)N1CC. The van der Waals surface area contributed by atoms with E-state index in [2.05, 4.69) is 54.4 Å². The standard InChI is InChI=1S/C34H45N3O2/c1-3-5-6-7-8-9-10-11-12-19-26-36-33(38)29(27-35)24-25-32-37(4-2)34(28-39-32,30-20-15-13-16-21-30)31-22-17-14-18-23-31/h13-18,20-25H,3-12,19,26,28H2,1-2H3,(H,36,38)/b29-24-,32-25+. The molecule has 1 saturated heterocycles. The van der Waals surface area contributed by atoms with Crippen LogP contribution in [-0.4, -0.2) is 30.5 Å². The van der Waals surface area contributed by atoms with Crippen LogP contribution in [0.1, 0.15) is 89.2 Å². The van der Waals surface area contributed by atoms with Crippen LogP contribution < -0.4 is 5.32 Å². The molecule has 208 valence electrons. The van der Waals surface area contributed by atoms with Crippen molar-refractivity contribution >= 4 is 5.91 Å². The van der Waals surface area contributed by atoms with Gasteiger partial charge >= 0.3 is 0 Å². The first kappa shape index (κ1) is 30.0. The summed E-state index contributed by atoms with van der Waals surface area (Å²) in [4.78, 5) is 14.9. The number of nitriles is 1. The molecule has 1 aliphatic heterocycles. The van der Waals surface area contributed by atoms with Crippen molar-refractivity contribution in [3.8, 4) is 6.07 Å². The maximum absolute atomic E-state index is 12.7. The van der Waals surface area contributed by atoms with Gasteiger partial charge in [-0.25, -0.2) is 0 Å². The Hall–Kier alpha value is -3.52. The zero-order valence-electron chi connectivity index (χ0n) is 23.8. The van der Waals surface area contributed by atoms with Crippen LogP contribution in [-0.2, 0) is 15.1 Å². The smallest absolute Gasteiger partial charge is 0.261 e. The quantitative estimate of drug-likeness (QED) is 0.139. The lowest BCUT2D eigenvalue weighted by Gasteiger charge is -2.37. The van der Waals surface area contributed by atoms with Crippen molar-refractivity contribution in [1.82, 2.24) is 10.2 Å². The maximum atomic E-state index is 12.7. The Morgan fingerprint density at radius 3 is 1.95 bits per heavy atom. The third-order valence-electron chi connectivity index (χ3n) is 7.55. The fourth-order valence-corrected chi connectivity index (χ4v) is 5.39. The van der Waals surface area contributed by atoms with E-state index in [1.54, 1.807) is 12.2 Å². The van der Waals surface area contributed by atoms with Crippen LogP contribution in [0.4, 0.5) is 0 Å². The van der Waals surface area contributed by atoms with E-state index in [4.69, 9.17) is 4.74 Å². The molecule has 5 nitrogen and oxygen atoms in total. The number of carbonyl (C=O) groups is 1. The molecule has 0 aliphatic carbocycles. The van der Waals surface area contributed by atoms with E-state index < -0.39 is 5.54 Å². The van der Waals surface area contributed by atoms with Crippen molar-refractivity contribution in [1.29, 1.82) is 5.26 Å². The van der Waals surface area contributed by atoms with E-state index in [1.807, 2.05) is 36.4 Å². The van der Waals surface area contributed by atoms with Gasteiger partial charge in [-0.2, -0.15) is 5.26 Å². The van der Waals surface area contributed by atoms with Crippen molar-refractivity contribution in [2.45, 2.75) is 83.6 Å². The summed E-state index contributed by atoms with van der Waals surface area (Å²) in [5.74, 6) is 0.323. The van der Waals surface area contributed by atoms with Crippen LogP contribution >= 0.6 is 0 Å². The summed E-state index contributed by atoms with van der Waals surface area (Å²) in [5.41, 5.74) is 1.88. The summed E-state index contributed by atoms with van der Waals surface area (Å²) in [6, 6.07) is 22.8. The van der Waals surface area contributed by atoms with Gasteiger partial charge in [0, 0.05) is 13.1 Å². The lowest BCUT2D eigenvalue weighted by Crippen LogP contribution is -2.43. The number of hydrogen-bond donors (Lipinski definition) is 1. The minimum absolute atomic E-state index is 0.0890. The fraction of sp³-hybridized carbons (Fsp3) is 0.471. The molecule has 0 spiro atoms. The number of rotatable bonds is 16. The zero-order valence-corrected chi connectivity index (χ0v) is 23.8. The maximum Gasteiger partial charge on any atom is 0.261 e. The van der Waals surface area contributed by atoms with Gasteiger partial charge in [-0.1, -0.05) is 125 Å². The van der Waals surface area contributed by atoms with Gasteiger partial charge in [-0.05, 0) is 36.6 Å². The highest BCUT2D eigenvalue weighted by Crippen LogP contribution is 2.43. The largest absolute Gasteiger partial charge is 0.476 e. The van der Waals surface area contributed by atoms with Gasteiger partial charge in [-0.3, -0.25) is 4.79 Å². The number of amides is 1. The van der Waals surface area contributed by atoms with Crippen molar-refractivity contribution < 1.29 is 9.53 Å². The second-order valence-electron chi connectivity index (χ2n) is 10.3. The highest BCUT2D eigenvalue weighted by molar-refractivity contribution is 5.97. The number of carbonyl (C=O) groups excluding carboxylic acids is 1. The number of likely N-dealkylation sites (N-methyl/N-ethyl adjacent to an activating group) is 1. The first-order chi connectivity index (χ1) is 19.2. The molecule has 0 bridgehead atoms. The Balaban J connectivity index is 1.58. The number of unbranched alkanes of at least 4 members (excludes halogenated alkanes) is 9. The van der Waals surface area contributed by atoms with E-state index in [-0.39, 0.29) is 11.5 Å². The second kappa shape index (κ2) is 16.4. The van der Waals surface area contributed by atoms with Gasteiger partial charge < -0.3 is 15.0 Å². The molecule has 1 amide bonds. The van der Waals surface area contributed by atoms with E-state index in [1.165, 1.54) is 51.4 Å². The number of nitrogens with one attached hydrogen (secondary N) is 1. The Kier molecular flexibility index (Phi) is 12.7. The van der Waals surface area contributed by atoms with Gasteiger partial charge in [0.15, 0.2) is 5.88 Å². The van der Waals surface area contributed by atoms with Crippen molar-refractivity contribution in [2.75, 3.05) is 19.7 Å². The van der Waals surface area contributed by atoms with Crippen LogP contribution in [0, 0.1) is 11.3 Å². The van der Waals surface area contributed by atoms with Crippen molar-refractivity contribution in [2.24, 2.45) is 0 Å². The average Bonchev–Trinajstić information content (AvgIpc) is 3.36. The first-order valence-electron chi connectivity index (χ1n) is 14.8. The van der Waals surface area contributed by atoms with Crippen molar-refractivity contribution in [3.05, 3.63) is 95.4 Å². The van der Waals surface area contributed by atoms with E-state index in [0.717, 1.165) is 24.0 Å². The number of allylic oxidation sites excluding steroid dienone is 2. The number of benzene rings is 2. The number of hydrogen-bond acceptors (Lipinski definition) is 4. The molecule has 0 aromatic heterocycles. The lowest BCUT2D eigenvalue weighted by molar-refractivity contribution is -0.117. The third-order valence-corrected chi connectivity index (χ3v) is 7.55.